The van der Waals surface area contributed by atoms with Gasteiger partial charge in [0.15, 0.2) is 0 Å². The van der Waals surface area contributed by atoms with Crippen LogP contribution in [-0.4, -0.2) is 18.3 Å². The second kappa shape index (κ2) is 6.93. The van der Waals surface area contributed by atoms with Gasteiger partial charge < -0.3 is 0 Å². The summed E-state index contributed by atoms with van der Waals surface area (Å²) in [6, 6.07) is 15.4. The number of nitro groups is 1. The minimum atomic E-state index is -3.90. The van der Waals surface area contributed by atoms with E-state index in [2.05, 4.69) is 9.71 Å². The molecule has 0 bridgehead atoms. The van der Waals surface area contributed by atoms with Crippen LogP contribution in [0.25, 0.3) is 11.3 Å². The van der Waals surface area contributed by atoms with Crippen LogP contribution < -0.4 is 4.72 Å². The smallest absolute Gasteiger partial charge is 0.269 e. The highest BCUT2D eigenvalue weighted by atomic mass is 32.2. The van der Waals surface area contributed by atoms with Crippen molar-refractivity contribution < 1.29 is 13.3 Å². The lowest BCUT2D eigenvalue weighted by Gasteiger charge is -2.14. The van der Waals surface area contributed by atoms with Gasteiger partial charge in [0.2, 0.25) is 0 Å². The first-order valence-electron chi connectivity index (χ1n) is 7.67. The first kappa shape index (κ1) is 17.6. The van der Waals surface area contributed by atoms with Crippen LogP contribution in [0.4, 0.5) is 11.4 Å². The van der Waals surface area contributed by atoms with E-state index >= 15 is 0 Å². The van der Waals surface area contributed by atoms with Crippen LogP contribution in [-0.2, 0) is 10.0 Å². The van der Waals surface area contributed by atoms with Gasteiger partial charge in [0.1, 0.15) is 0 Å². The largest absolute Gasteiger partial charge is 0.279 e. The van der Waals surface area contributed by atoms with E-state index in [1.807, 2.05) is 19.1 Å². The van der Waals surface area contributed by atoms with E-state index in [-0.39, 0.29) is 10.6 Å². The van der Waals surface area contributed by atoms with Crippen LogP contribution in [0.15, 0.2) is 71.8 Å². The zero-order valence-corrected chi connectivity index (χ0v) is 14.6. The van der Waals surface area contributed by atoms with Crippen molar-refractivity contribution in [3.05, 3.63) is 82.5 Å². The van der Waals surface area contributed by atoms with Crippen molar-refractivity contribution in [3.8, 4) is 11.3 Å². The summed E-state index contributed by atoms with van der Waals surface area (Å²) in [6.45, 7) is 1.87. The zero-order valence-electron chi connectivity index (χ0n) is 13.8. The van der Waals surface area contributed by atoms with Gasteiger partial charge in [-0.05, 0) is 42.8 Å². The molecule has 1 N–H and O–H groups in total. The number of aromatic nitrogens is 1. The molecule has 132 valence electrons. The molecule has 1 heterocycles. The van der Waals surface area contributed by atoms with Crippen molar-refractivity contribution in [1.29, 1.82) is 0 Å². The molecule has 3 aromatic rings. The number of sulfonamides is 1. The maximum absolute atomic E-state index is 12.7. The standard InChI is InChI=1S/C18H15N3O4S/c1-13-5-4-7-17(18(13)16-6-2-3-12-19-16)20-26(24,25)15-10-8-14(9-11-15)21(22)23/h2-12,20H,1H3. The van der Waals surface area contributed by atoms with Gasteiger partial charge in [-0.25, -0.2) is 8.42 Å². The van der Waals surface area contributed by atoms with Crippen LogP contribution in [0.1, 0.15) is 5.56 Å². The van der Waals surface area contributed by atoms with Gasteiger partial charge in [-0.1, -0.05) is 18.2 Å². The molecule has 0 atom stereocenters. The number of non-ortho nitro benzene ring substituents is 1. The number of anilines is 1. The Morgan fingerprint density at radius 2 is 1.73 bits per heavy atom. The summed E-state index contributed by atoms with van der Waals surface area (Å²) in [5.41, 5.74) is 2.41. The summed E-state index contributed by atoms with van der Waals surface area (Å²) in [7, 11) is -3.90. The molecule has 0 aliphatic heterocycles. The number of aryl methyl sites for hydroxylation is 1. The van der Waals surface area contributed by atoms with E-state index in [1.54, 1.807) is 30.5 Å². The Balaban J connectivity index is 2.01. The van der Waals surface area contributed by atoms with E-state index in [0.717, 1.165) is 17.7 Å². The summed E-state index contributed by atoms with van der Waals surface area (Å²) >= 11 is 0. The Kier molecular flexibility index (Phi) is 4.68. The first-order chi connectivity index (χ1) is 12.4. The number of pyridine rings is 1. The van der Waals surface area contributed by atoms with Crippen molar-refractivity contribution in [2.45, 2.75) is 11.8 Å². The van der Waals surface area contributed by atoms with E-state index in [9.17, 15) is 18.5 Å². The van der Waals surface area contributed by atoms with Gasteiger partial charge in [-0.3, -0.25) is 19.8 Å². The van der Waals surface area contributed by atoms with E-state index in [1.165, 1.54) is 12.1 Å². The topological polar surface area (TPSA) is 102 Å². The highest BCUT2D eigenvalue weighted by molar-refractivity contribution is 7.92. The normalized spacial score (nSPS) is 11.1. The van der Waals surface area contributed by atoms with Crippen LogP contribution in [0, 0.1) is 17.0 Å². The SMILES string of the molecule is Cc1cccc(NS(=O)(=O)c2ccc([N+](=O)[O-])cc2)c1-c1ccccn1. The average molecular weight is 369 g/mol. The number of rotatable bonds is 5. The monoisotopic (exact) mass is 369 g/mol. The molecule has 0 aliphatic carbocycles. The third kappa shape index (κ3) is 3.55. The molecule has 0 unspecified atom stereocenters. The molecule has 0 spiro atoms. The van der Waals surface area contributed by atoms with Crippen molar-refractivity contribution >= 4 is 21.4 Å². The number of hydrogen-bond donors (Lipinski definition) is 1. The Morgan fingerprint density at radius 1 is 1.00 bits per heavy atom. The molecule has 0 saturated heterocycles. The maximum atomic E-state index is 12.7. The fourth-order valence-electron chi connectivity index (χ4n) is 2.55. The van der Waals surface area contributed by atoms with Gasteiger partial charge in [-0.2, -0.15) is 0 Å². The Morgan fingerprint density at radius 3 is 2.35 bits per heavy atom. The summed E-state index contributed by atoms with van der Waals surface area (Å²) in [5, 5.41) is 10.7. The summed E-state index contributed by atoms with van der Waals surface area (Å²) in [6.07, 6.45) is 1.64. The molecule has 3 rings (SSSR count). The molecular formula is C18H15N3O4S. The highest BCUT2D eigenvalue weighted by Crippen LogP contribution is 2.31. The fraction of sp³-hybridized carbons (Fsp3) is 0.0556. The van der Waals surface area contributed by atoms with Crippen molar-refractivity contribution in [1.82, 2.24) is 4.98 Å². The summed E-state index contributed by atoms with van der Waals surface area (Å²) in [5.74, 6) is 0. The molecule has 1 aromatic heterocycles. The predicted octanol–water partition coefficient (Wildman–Crippen LogP) is 3.77. The molecule has 0 fully saturated rings. The Labute approximate surface area is 150 Å². The van der Waals surface area contributed by atoms with E-state index in [0.29, 0.717) is 16.9 Å². The molecule has 0 aliphatic rings. The quantitative estimate of drug-likeness (QED) is 0.545. The molecule has 7 nitrogen and oxygen atoms in total. The molecular weight excluding hydrogens is 354 g/mol. The zero-order chi connectivity index (χ0) is 18.7. The lowest BCUT2D eigenvalue weighted by molar-refractivity contribution is -0.384. The lowest BCUT2D eigenvalue weighted by atomic mass is 10.0. The number of nitrogens with zero attached hydrogens (tertiary/aromatic N) is 2. The molecule has 26 heavy (non-hydrogen) atoms. The third-order valence-electron chi connectivity index (χ3n) is 3.80. The first-order valence-corrected chi connectivity index (χ1v) is 9.15. The van der Waals surface area contributed by atoms with Crippen LogP contribution in [0.2, 0.25) is 0 Å². The van der Waals surface area contributed by atoms with Gasteiger partial charge in [0, 0.05) is 23.9 Å². The molecule has 8 heteroatoms. The number of hydrogen-bond acceptors (Lipinski definition) is 5. The van der Waals surface area contributed by atoms with Crippen molar-refractivity contribution in [3.63, 3.8) is 0 Å². The fourth-order valence-corrected chi connectivity index (χ4v) is 3.63. The van der Waals surface area contributed by atoms with Gasteiger partial charge in [-0.15, -0.1) is 0 Å². The summed E-state index contributed by atoms with van der Waals surface area (Å²) < 4.78 is 27.9. The van der Waals surface area contributed by atoms with E-state index in [4.69, 9.17) is 0 Å². The van der Waals surface area contributed by atoms with Gasteiger partial charge in [0.05, 0.1) is 21.2 Å². The van der Waals surface area contributed by atoms with Crippen molar-refractivity contribution in [2.75, 3.05) is 4.72 Å². The Bertz CT molecular complexity index is 1050. The average Bonchev–Trinajstić information content (AvgIpc) is 2.62. The van der Waals surface area contributed by atoms with E-state index < -0.39 is 14.9 Å². The molecule has 2 aromatic carbocycles. The van der Waals surface area contributed by atoms with Crippen molar-refractivity contribution in [2.24, 2.45) is 0 Å². The lowest BCUT2D eigenvalue weighted by Crippen LogP contribution is -2.14. The number of nitro benzene ring substituents is 1. The third-order valence-corrected chi connectivity index (χ3v) is 5.18. The van der Waals surface area contributed by atoms with Crippen LogP contribution in [0.3, 0.4) is 0 Å². The molecule has 0 amide bonds. The number of benzene rings is 2. The summed E-state index contributed by atoms with van der Waals surface area (Å²) in [4.78, 5) is 14.4. The predicted molar refractivity (Wildman–Crippen MR) is 98.3 cm³/mol. The highest BCUT2D eigenvalue weighted by Gasteiger charge is 2.19. The molecule has 0 saturated carbocycles. The van der Waals surface area contributed by atoms with Gasteiger partial charge >= 0.3 is 0 Å². The van der Waals surface area contributed by atoms with Crippen LogP contribution in [0.5, 0.6) is 0 Å². The minimum absolute atomic E-state index is 0.0587. The van der Waals surface area contributed by atoms with Crippen LogP contribution >= 0.6 is 0 Å². The second-order valence-electron chi connectivity index (χ2n) is 5.57. The minimum Gasteiger partial charge on any atom is -0.279 e. The maximum Gasteiger partial charge on any atom is 0.269 e. The Hall–Kier alpha value is -3.26. The van der Waals surface area contributed by atoms with Gasteiger partial charge in [0.25, 0.3) is 15.7 Å². The molecule has 0 radical (unpaired) electrons. The number of nitrogens with one attached hydrogen (secondary N) is 1. The second-order valence-corrected chi connectivity index (χ2v) is 7.25.